The van der Waals surface area contributed by atoms with E-state index in [1.54, 1.807) is 0 Å². The predicted octanol–water partition coefficient (Wildman–Crippen LogP) is 2.27. The van der Waals surface area contributed by atoms with E-state index in [0.29, 0.717) is 12.5 Å². The summed E-state index contributed by atoms with van der Waals surface area (Å²) in [5.74, 6) is 7.37. The lowest BCUT2D eigenvalue weighted by molar-refractivity contribution is 0.762. The van der Waals surface area contributed by atoms with Crippen molar-refractivity contribution in [3.05, 3.63) is 11.5 Å². The van der Waals surface area contributed by atoms with Gasteiger partial charge in [0.25, 0.3) is 0 Å². The van der Waals surface area contributed by atoms with Crippen LogP contribution in [-0.4, -0.2) is 21.1 Å². The Kier molecular flexibility index (Phi) is 4.01. The van der Waals surface area contributed by atoms with E-state index >= 15 is 0 Å². The van der Waals surface area contributed by atoms with E-state index in [2.05, 4.69) is 12.8 Å². The summed E-state index contributed by atoms with van der Waals surface area (Å²) < 4.78 is 2.02. The summed E-state index contributed by atoms with van der Waals surface area (Å²) in [6.07, 6.45) is 8.79. The first kappa shape index (κ1) is 12.4. The molecule has 0 aliphatic heterocycles. The van der Waals surface area contributed by atoms with Gasteiger partial charge in [-0.25, -0.2) is 4.98 Å². The van der Waals surface area contributed by atoms with Crippen molar-refractivity contribution in [2.45, 2.75) is 38.6 Å². The van der Waals surface area contributed by atoms with E-state index < -0.39 is 0 Å². The van der Waals surface area contributed by atoms with Crippen molar-refractivity contribution < 1.29 is 0 Å². The SMILES string of the molecule is C#CCn1c(C2CC2)nc(CCSCC)c1N. The predicted molar refractivity (Wildman–Crippen MR) is 74.2 cm³/mol. The Morgan fingerprint density at radius 3 is 2.94 bits per heavy atom. The zero-order valence-corrected chi connectivity index (χ0v) is 11.1. The molecular formula is C13H19N3S. The monoisotopic (exact) mass is 249 g/mol. The molecule has 1 aromatic heterocycles. The van der Waals surface area contributed by atoms with Crippen molar-refractivity contribution in [2.75, 3.05) is 17.2 Å². The van der Waals surface area contributed by atoms with Crippen LogP contribution in [0.3, 0.4) is 0 Å². The van der Waals surface area contributed by atoms with E-state index in [1.165, 1.54) is 12.8 Å². The van der Waals surface area contributed by atoms with Crippen LogP contribution >= 0.6 is 11.8 Å². The molecule has 1 fully saturated rings. The topological polar surface area (TPSA) is 43.8 Å². The number of aromatic nitrogens is 2. The Balaban J connectivity index is 2.15. The fourth-order valence-electron chi connectivity index (χ4n) is 1.94. The van der Waals surface area contributed by atoms with Crippen LogP contribution in [0.4, 0.5) is 5.82 Å². The fourth-order valence-corrected chi connectivity index (χ4v) is 2.57. The summed E-state index contributed by atoms with van der Waals surface area (Å²) in [6.45, 7) is 2.71. The highest BCUT2D eigenvalue weighted by atomic mass is 32.2. The smallest absolute Gasteiger partial charge is 0.127 e. The summed E-state index contributed by atoms with van der Waals surface area (Å²) >= 11 is 1.92. The molecule has 0 unspecified atom stereocenters. The second-order valence-electron chi connectivity index (χ2n) is 4.31. The average molecular weight is 249 g/mol. The van der Waals surface area contributed by atoms with Crippen LogP contribution in [-0.2, 0) is 13.0 Å². The normalized spacial score (nSPS) is 14.8. The van der Waals surface area contributed by atoms with E-state index in [1.807, 2.05) is 16.3 Å². The van der Waals surface area contributed by atoms with Crippen LogP contribution < -0.4 is 5.73 Å². The third-order valence-electron chi connectivity index (χ3n) is 2.99. The molecular weight excluding hydrogens is 230 g/mol. The lowest BCUT2D eigenvalue weighted by atomic mass is 10.3. The van der Waals surface area contributed by atoms with Gasteiger partial charge in [0.15, 0.2) is 0 Å². The summed E-state index contributed by atoms with van der Waals surface area (Å²) in [6, 6.07) is 0. The first-order chi connectivity index (χ1) is 8.27. The maximum Gasteiger partial charge on any atom is 0.127 e. The number of aryl methyl sites for hydroxylation is 1. The summed E-state index contributed by atoms with van der Waals surface area (Å²) in [7, 11) is 0. The van der Waals surface area contributed by atoms with Crippen LogP contribution in [0.25, 0.3) is 0 Å². The minimum atomic E-state index is 0.547. The standard InChI is InChI=1S/C13H19N3S/c1-3-8-16-12(14)11(7-9-17-4-2)15-13(16)10-5-6-10/h1,10H,4-9,14H2,2H3. The van der Waals surface area contributed by atoms with Gasteiger partial charge in [-0.1, -0.05) is 12.8 Å². The quantitative estimate of drug-likeness (QED) is 0.621. The molecule has 1 heterocycles. The van der Waals surface area contributed by atoms with Gasteiger partial charge in [0.1, 0.15) is 11.6 Å². The van der Waals surface area contributed by atoms with Crippen molar-refractivity contribution in [2.24, 2.45) is 0 Å². The van der Waals surface area contributed by atoms with Crippen molar-refractivity contribution in [1.29, 1.82) is 0 Å². The number of hydrogen-bond acceptors (Lipinski definition) is 3. The van der Waals surface area contributed by atoms with Gasteiger partial charge in [-0.2, -0.15) is 11.8 Å². The molecule has 4 heteroatoms. The summed E-state index contributed by atoms with van der Waals surface area (Å²) in [5.41, 5.74) is 7.16. The van der Waals surface area contributed by atoms with E-state index in [-0.39, 0.29) is 0 Å². The third-order valence-corrected chi connectivity index (χ3v) is 3.89. The molecule has 3 nitrogen and oxygen atoms in total. The minimum Gasteiger partial charge on any atom is -0.384 e. The number of imidazole rings is 1. The van der Waals surface area contributed by atoms with E-state index in [4.69, 9.17) is 17.1 Å². The zero-order valence-electron chi connectivity index (χ0n) is 10.3. The number of hydrogen-bond donors (Lipinski definition) is 1. The molecule has 2 rings (SSSR count). The van der Waals surface area contributed by atoms with E-state index in [9.17, 15) is 0 Å². The Labute approximate surface area is 107 Å². The Morgan fingerprint density at radius 1 is 1.59 bits per heavy atom. The van der Waals surface area contributed by atoms with E-state index in [0.717, 1.165) is 35.3 Å². The molecule has 17 heavy (non-hydrogen) atoms. The molecule has 2 N–H and O–H groups in total. The molecule has 0 radical (unpaired) electrons. The summed E-state index contributed by atoms with van der Waals surface area (Å²) in [4.78, 5) is 4.69. The number of thioether (sulfide) groups is 1. The van der Waals surface area contributed by atoms with Crippen LogP contribution in [0.2, 0.25) is 0 Å². The van der Waals surface area contributed by atoms with Crippen LogP contribution in [0.15, 0.2) is 0 Å². The summed E-state index contributed by atoms with van der Waals surface area (Å²) in [5, 5.41) is 0. The van der Waals surface area contributed by atoms with Crippen molar-refractivity contribution >= 4 is 17.6 Å². The maximum atomic E-state index is 6.13. The van der Waals surface area contributed by atoms with Crippen LogP contribution in [0.5, 0.6) is 0 Å². The van der Waals surface area contributed by atoms with Crippen molar-refractivity contribution in [1.82, 2.24) is 9.55 Å². The molecule has 0 bridgehead atoms. The zero-order chi connectivity index (χ0) is 12.3. The molecule has 1 saturated carbocycles. The fraction of sp³-hybridized carbons (Fsp3) is 0.615. The molecule has 1 aliphatic carbocycles. The highest BCUT2D eigenvalue weighted by Crippen LogP contribution is 2.40. The van der Waals surface area contributed by atoms with Gasteiger partial charge >= 0.3 is 0 Å². The van der Waals surface area contributed by atoms with Crippen molar-refractivity contribution in [3.8, 4) is 12.3 Å². The highest BCUT2D eigenvalue weighted by molar-refractivity contribution is 7.99. The maximum absolute atomic E-state index is 6.13. The van der Waals surface area contributed by atoms with Gasteiger partial charge in [-0.3, -0.25) is 0 Å². The molecule has 92 valence electrons. The number of nitrogen functional groups attached to an aromatic ring is 1. The lowest BCUT2D eigenvalue weighted by Gasteiger charge is -2.04. The average Bonchev–Trinajstić information content (AvgIpc) is 3.11. The first-order valence-corrected chi connectivity index (χ1v) is 7.29. The Hall–Kier alpha value is -1.08. The van der Waals surface area contributed by atoms with Crippen LogP contribution in [0.1, 0.15) is 37.2 Å². The molecule has 1 aromatic rings. The lowest BCUT2D eigenvalue weighted by Crippen LogP contribution is -2.06. The number of nitrogens with two attached hydrogens (primary N) is 1. The van der Waals surface area contributed by atoms with Gasteiger partial charge in [-0.15, -0.1) is 6.42 Å². The van der Waals surface area contributed by atoms with Crippen molar-refractivity contribution in [3.63, 3.8) is 0 Å². The molecule has 0 saturated heterocycles. The number of terminal acetylenes is 1. The van der Waals surface area contributed by atoms with Gasteiger partial charge in [0.2, 0.25) is 0 Å². The first-order valence-electron chi connectivity index (χ1n) is 6.13. The van der Waals surface area contributed by atoms with Gasteiger partial charge < -0.3 is 10.3 Å². The second kappa shape index (κ2) is 5.50. The number of nitrogens with zero attached hydrogens (tertiary/aromatic N) is 2. The molecule has 0 atom stereocenters. The Morgan fingerprint density at radius 2 is 2.35 bits per heavy atom. The molecule has 0 aromatic carbocycles. The third kappa shape index (κ3) is 2.78. The number of rotatable bonds is 6. The largest absolute Gasteiger partial charge is 0.384 e. The van der Waals surface area contributed by atoms with Gasteiger partial charge in [-0.05, 0) is 24.3 Å². The Bertz CT molecular complexity index is 427. The van der Waals surface area contributed by atoms with Gasteiger partial charge in [0.05, 0.1) is 12.2 Å². The minimum absolute atomic E-state index is 0.547. The molecule has 1 aliphatic rings. The second-order valence-corrected chi connectivity index (χ2v) is 5.71. The van der Waals surface area contributed by atoms with Gasteiger partial charge in [0, 0.05) is 12.3 Å². The molecule has 0 spiro atoms. The van der Waals surface area contributed by atoms with Crippen LogP contribution in [0, 0.1) is 12.3 Å². The molecule has 0 amide bonds. The highest BCUT2D eigenvalue weighted by Gasteiger charge is 2.30. The number of anilines is 1.